The van der Waals surface area contributed by atoms with Gasteiger partial charge in [-0.1, -0.05) is 6.07 Å². The highest BCUT2D eigenvalue weighted by Gasteiger charge is 2.26. The van der Waals surface area contributed by atoms with E-state index in [4.69, 9.17) is 9.15 Å². The minimum Gasteiger partial charge on any atom is -0.454 e. The van der Waals surface area contributed by atoms with Gasteiger partial charge in [0.2, 0.25) is 0 Å². The highest BCUT2D eigenvalue weighted by molar-refractivity contribution is 7.22. The number of thiophene rings is 1. The molecule has 1 aliphatic heterocycles. The second kappa shape index (κ2) is 3.71. The molecule has 0 amide bonds. The van der Waals surface area contributed by atoms with Crippen molar-refractivity contribution in [1.29, 1.82) is 0 Å². The van der Waals surface area contributed by atoms with Gasteiger partial charge in [0.25, 0.3) is 0 Å². The van der Waals surface area contributed by atoms with Gasteiger partial charge in [-0.3, -0.25) is 0 Å². The largest absolute Gasteiger partial charge is 0.454 e. The summed E-state index contributed by atoms with van der Waals surface area (Å²) in [4.78, 5) is 18.0. The number of nitrogens with zero attached hydrogens (tertiary/aromatic N) is 1. The fraction of sp³-hybridized carbons (Fsp3) is 0. The van der Waals surface area contributed by atoms with E-state index in [0.29, 0.717) is 11.3 Å². The van der Waals surface area contributed by atoms with Crippen molar-refractivity contribution in [3.63, 3.8) is 0 Å². The number of ether oxygens (including phenoxy) is 1. The van der Waals surface area contributed by atoms with Gasteiger partial charge in [0.05, 0.1) is 15.6 Å². The molecular weight excluding hydrogens is 286 g/mol. The van der Waals surface area contributed by atoms with Crippen LogP contribution in [0.1, 0.15) is 0 Å². The van der Waals surface area contributed by atoms with E-state index in [-0.39, 0.29) is 5.63 Å². The fourth-order valence-corrected chi connectivity index (χ4v) is 3.85. The van der Waals surface area contributed by atoms with Crippen molar-refractivity contribution in [1.82, 2.24) is 4.98 Å². The first-order chi connectivity index (χ1) is 10.3. The maximum absolute atomic E-state index is 11.8. The molecule has 4 aromatic rings. The van der Waals surface area contributed by atoms with Crippen LogP contribution in [-0.4, -0.2) is 4.98 Å². The van der Waals surface area contributed by atoms with Gasteiger partial charge in [0.15, 0.2) is 5.75 Å². The van der Waals surface area contributed by atoms with Crippen LogP contribution in [-0.2, 0) is 0 Å². The predicted molar refractivity (Wildman–Crippen MR) is 81.2 cm³/mol. The number of benzene rings is 1. The number of fused-ring (bicyclic) bond motifs is 4. The highest BCUT2D eigenvalue weighted by Crippen LogP contribution is 2.52. The van der Waals surface area contributed by atoms with Crippen molar-refractivity contribution < 1.29 is 9.15 Å². The summed E-state index contributed by atoms with van der Waals surface area (Å²) in [5.41, 5.74) is 1.06. The maximum Gasteiger partial charge on any atom is 0.336 e. The zero-order valence-electron chi connectivity index (χ0n) is 10.6. The van der Waals surface area contributed by atoms with Gasteiger partial charge in [0, 0.05) is 17.8 Å². The second-order valence-corrected chi connectivity index (χ2v) is 5.83. The Morgan fingerprint density at radius 2 is 2.10 bits per heavy atom. The summed E-state index contributed by atoms with van der Waals surface area (Å²) in [6.07, 6.45) is 1.76. The van der Waals surface area contributed by atoms with E-state index >= 15 is 0 Å². The second-order valence-electron chi connectivity index (χ2n) is 4.83. The van der Waals surface area contributed by atoms with Crippen molar-refractivity contribution in [3.8, 4) is 21.9 Å². The van der Waals surface area contributed by atoms with Crippen LogP contribution in [0.3, 0.4) is 0 Å². The van der Waals surface area contributed by atoms with E-state index < -0.39 is 0 Å². The summed E-state index contributed by atoms with van der Waals surface area (Å²) in [7, 11) is 0. The molecule has 1 aliphatic rings. The Morgan fingerprint density at radius 1 is 1.14 bits per heavy atom. The molecule has 0 saturated heterocycles. The average Bonchev–Trinajstić information content (AvgIpc) is 2.86. The monoisotopic (exact) mass is 293 g/mol. The summed E-state index contributed by atoms with van der Waals surface area (Å²) < 4.78 is 11.3. The number of hydrogen-bond donors (Lipinski definition) is 0. The number of hydrogen-bond acceptors (Lipinski definition) is 5. The zero-order valence-corrected chi connectivity index (χ0v) is 11.4. The molecule has 0 aliphatic carbocycles. The molecule has 0 atom stereocenters. The Kier molecular flexibility index (Phi) is 1.95. The molecule has 3 aromatic heterocycles. The van der Waals surface area contributed by atoms with Crippen LogP contribution < -0.4 is 10.4 Å². The first-order valence-corrected chi connectivity index (χ1v) is 7.25. The summed E-state index contributed by atoms with van der Waals surface area (Å²) >= 11 is 1.53. The molecule has 0 radical (unpaired) electrons. The Bertz CT molecular complexity index is 1090. The Balaban J connectivity index is 2.02. The highest BCUT2D eigenvalue weighted by atomic mass is 32.1. The molecule has 4 nitrogen and oxygen atoms in total. The zero-order chi connectivity index (χ0) is 14.0. The quantitative estimate of drug-likeness (QED) is 0.402. The van der Waals surface area contributed by atoms with Crippen LogP contribution in [0.4, 0.5) is 0 Å². The lowest BCUT2D eigenvalue weighted by Crippen LogP contribution is -2.01. The predicted octanol–water partition coefficient (Wildman–Crippen LogP) is 4.18. The molecule has 1 aromatic carbocycles. The molecule has 100 valence electrons. The lowest BCUT2D eigenvalue weighted by atomic mass is 10.0. The van der Waals surface area contributed by atoms with Crippen LogP contribution in [0.2, 0.25) is 0 Å². The Hall–Kier alpha value is -2.66. The van der Waals surface area contributed by atoms with Gasteiger partial charge in [-0.25, -0.2) is 9.78 Å². The third-order valence-corrected chi connectivity index (χ3v) is 4.74. The molecule has 4 heterocycles. The van der Waals surface area contributed by atoms with Gasteiger partial charge in [0.1, 0.15) is 16.2 Å². The topological polar surface area (TPSA) is 52.3 Å². The SMILES string of the molecule is O=c1cc2c3c(cccc3o1)Oc1c-2sc2ncccc12. The van der Waals surface area contributed by atoms with Gasteiger partial charge < -0.3 is 9.15 Å². The van der Waals surface area contributed by atoms with E-state index in [0.717, 1.165) is 31.8 Å². The van der Waals surface area contributed by atoms with Crippen LogP contribution in [0.25, 0.3) is 31.6 Å². The van der Waals surface area contributed by atoms with Crippen LogP contribution in [0.5, 0.6) is 11.5 Å². The first kappa shape index (κ1) is 11.0. The number of aromatic nitrogens is 1. The van der Waals surface area contributed by atoms with Crippen LogP contribution >= 0.6 is 11.3 Å². The first-order valence-electron chi connectivity index (χ1n) is 6.44. The molecule has 21 heavy (non-hydrogen) atoms. The summed E-state index contributed by atoms with van der Waals surface area (Å²) in [5, 5.41) is 1.81. The number of pyridine rings is 1. The maximum atomic E-state index is 11.8. The molecule has 0 unspecified atom stereocenters. The third kappa shape index (κ3) is 1.38. The van der Waals surface area contributed by atoms with Gasteiger partial charge in [-0.05, 0) is 24.3 Å². The summed E-state index contributed by atoms with van der Waals surface area (Å²) in [6, 6.07) is 10.9. The average molecular weight is 293 g/mol. The van der Waals surface area contributed by atoms with Gasteiger partial charge >= 0.3 is 5.63 Å². The van der Waals surface area contributed by atoms with Crippen molar-refractivity contribution in [3.05, 3.63) is 53.0 Å². The van der Waals surface area contributed by atoms with Crippen LogP contribution in [0.15, 0.2) is 51.8 Å². The molecule has 0 fully saturated rings. The molecule has 5 heteroatoms. The van der Waals surface area contributed by atoms with Crippen molar-refractivity contribution in [2.45, 2.75) is 0 Å². The van der Waals surface area contributed by atoms with Crippen molar-refractivity contribution in [2.24, 2.45) is 0 Å². The standard InChI is InChI=1S/C16H7NO3S/c18-12-7-9-13-10(19-12)4-1-5-11(13)20-14-8-3-2-6-17-16(8)21-15(9)14/h1-7H. The van der Waals surface area contributed by atoms with E-state index in [2.05, 4.69) is 4.98 Å². The van der Waals surface area contributed by atoms with Crippen LogP contribution in [0, 0.1) is 0 Å². The summed E-state index contributed by atoms with van der Waals surface area (Å²) in [5.74, 6) is 1.48. The molecular formula is C16H7NO3S. The molecule has 5 rings (SSSR count). The van der Waals surface area contributed by atoms with Crippen molar-refractivity contribution >= 4 is 32.5 Å². The van der Waals surface area contributed by atoms with Gasteiger partial charge in [-0.15, -0.1) is 11.3 Å². The molecule has 0 spiro atoms. The lowest BCUT2D eigenvalue weighted by molar-refractivity contribution is 0.490. The molecule has 0 N–H and O–H groups in total. The number of rotatable bonds is 0. The fourth-order valence-electron chi connectivity index (χ4n) is 2.75. The van der Waals surface area contributed by atoms with E-state index in [9.17, 15) is 4.79 Å². The minimum atomic E-state index is -0.354. The lowest BCUT2D eigenvalue weighted by Gasteiger charge is -2.17. The van der Waals surface area contributed by atoms with E-state index in [1.54, 1.807) is 12.3 Å². The molecule has 0 bridgehead atoms. The molecule has 0 saturated carbocycles. The third-order valence-electron chi connectivity index (χ3n) is 3.61. The minimum absolute atomic E-state index is 0.354. The van der Waals surface area contributed by atoms with E-state index in [1.807, 2.05) is 24.3 Å². The van der Waals surface area contributed by atoms with E-state index in [1.165, 1.54) is 17.4 Å². The smallest absolute Gasteiger partial charge is 0.336 e. The normalized spacial score (nSPS) is 12.4. The van der Waals surface area contributed by atoms with Gasteiger partial charge in [-0.2, -0.15) is 0 Å². The summed E-state index contributed by atoms with van der Waals surface area (Å²) in [6.45, 7) is 0. The Labute approximate surface area is 122 Å². The Morgan fingerprint density at radius 3 is 3.05 bits per heavy atom. The van der Waals surface area contributed by atoms with Crippen molar-refractivity contribution in [2.75, 3.05) is 0 Å².